The van der Waals surface area contributed by atoms with Crippen LogP contribution in [0.3, 0.4) is 0 Å². The summed E-state index contributed by atoms with van der Waals surface area (Å²) in [4.78, 5) is 9.66. The van der Waals surface area contributed by atoms with E-state index in [2.05, 4.69) is 3.99 Å². The van der Waals surface area contributed by atoms with E-state index >= 15 is 0 Å². The van der Waals surface area contributed by atoms with Crippen LogP contribution in [-0.4, -0.2) is 17.6 Å². The van der Waals surface area contributed by atoms with Gasteiger partial charge in [0.05, 0.1) is 0 Å². The fourth-order valence-electron chi connectivity index (χ4n) is 0.0844. The van der Waals surface area contributed by atoms with E-state index < -0.39 is 24.1 Å². The predicted octanol–water partition coefficient (Wildman–Crippen LogP) is -1.47. The van der Waals surface area contributed by atoms with Gasteiger partial charge in [0, 0.05) is 0 Å². The standard InChI is InChI=1S/C2H4NO2.Ir.H2N/c3-1-2(4)5;;/h3H,1H2,(H,4,5);;1H2/q-1;+2;-1. The summed E-state index contributed by atoms with van der Waals surface area (Å²) in [5.41, 5.74) is 0. The zero-order valence-electron chi connectivity index (χ0n) is 3.47. The van der Waals surface area contributed by atoms with Gasteiger partial charge >= 0.3 is 49.0 Å². The van der Waals surface area contributed by atoms with Crippen LogP contribution in [0.2, 0.25) is 0 Å². The van der Waals surface area contributed by atoms with E-state index in [1.54, 1.807) is 0 Å². The molecular formula is C2H6IrN2O2. The Bertz CT molecular complexity index is 66.7. The maximum atomic E-state index is 9.66. The summed E-state index contributed by atoms with van der Waals surface area (Å²) in [7, 11) is 0. The van der Waals surface area contributed by atoms with Crippen molar-refractivity contribution in [3.05, 3.63) is 0 Å². The molecule has 0 radical (unpaired) electrons. The van der Waals surface area contributed by atoms with Gasteiger partial charge in [0.25, 0.3) is 0 Å². The van der Waals surface area contributed by atoms with Crippen molar-refractivity contribution in [3.63, 3.8) is 0 Å². The quantitative estimate of drug-likeness (QED) is 0.591. The average Bonchev–Trinajstić information content (AvgIpc) is 1.61. The van der Waals surface area contributed by atoms with Gasteiger partial charge < -0.3 is 0 Å². The first-order chi connectivity index (χ1) is 3.27. The minimum absolute atomic E-state index is 0.00347. The monoisotopic (exact) mass is 283 g/mol. The van der Waals surface area contributed by atoms with E-state index in [0.717, 1.165) is 0 Å². The Labute approximate surface area is 49.6 Å². The fourth-order valence-corrected chi connectivity index (χ4v) is 0.691. The fraction of sp³-hybridized carbons (Fsp3) is 0.500. The van der Waals surface area contributed by atoms with Gasteiger partial charge in [-0.15, -0.1) is 0 Å². The molecule has 0 aliphatic rings. The van der Waals surface area contributed by atoms with Gasteiger partial charge in [-0.2, -0.15) is 0 Å². The molecule has 0 aliphatic carbocycles. The molecule has 0 saturated carbocycles. The summed E-state index contributed by atoms with van der Waals surface area (Å²) in [5.74, 6) is -0.853. The van der Waals surface area contributed by atoms with E-state index in [9.17, 15) is 4.79 Å². The Morgan fingerprint density at radius 3 is 2.71 bits per heavy atom. The predicted molar refractivity (Wildman–Crippen MR) is 19.8 cm³/mol. The summed E-state index contributed by atoms with van der Waals surface area (Å²) in [6, 6.07) is 0. The third kappa shape index (κ3) is 6.04. The van der Waals surface area contributed by atoms with Gasteiger partial charge in [-0.25, -0.2) is 0 Å². The Morgan fingerprint density at radius 1 is 2.00 bits per heavy atom. The molecule has 7 heavy (non-hydrogen) atoms. The third-order valence-electron chi connectivity index (χ3n) is 0.278. The van der Waals surface area contributed by atoms with Crippen LogP contribution in [-0.2, 0) is 23.0 Å². The number of nitrogens with two attached hydrogens (primary N) is 1. The van der Waals surface area contributed by atoms with E-state index in [1.807, 2.05) is 0 Å². The zero-order valence-corrected chi connectivity index (χ0v) is 5.87. The number of rotatable bonds is 3. The van der Waals surface area contributed by atoms with Gasteiger partial charge in [-0.1, -0.05) is 0 Å². The number of carboxylic acids is 1. The molecule has 0 atom stereocenters. The van der Waals surface area contributed by atoms with Gasteiger partial charge in [0.15, 0.2) is 0 Å². The number of nitrogens with one attached hydrogen (secondary N) is 1. The number of hydrogen-bond donors (Lipinski definition) is 3. The van der Waals surface area contributed by atoms with Crippen LogP contribution in [0.4, 0.5) is 0 Å². The molecule has 0 aromatic rings. The van der Waals surface area contributed by atoms with Gasteiger partial charge in [-0.05, 0) is 0 Å². The molecule has 4 N–H and O–H groups in total. The first-order valence-corrected chi connectivity index (χ1v) is 4.07. The van der Waals surface area contributed by atoms with Crippen LogP contribution in [0.1, 0.15) is 0 Å². The molecule has 0 unspecified atom stereocenters. The molecule has 0 saturated heterocycles. The molecular weight excluding hydrogens is 276 g/mol. The second-order valence-electron chi connectivity index (χ2n) is 0.785. The molecule has 0 fully saturated rings. The minimum atomic E-state index is -0.853. The van der Waals surface area contributed by atoms with Crippen molar-refractivity contribution >= 4 is 5.97 Å². The van der Waals surface area contributed by atoms with E-state index in [-0.39, 0.29) is 6.54 Å². The summed E-state index contributed by atoms with van der Waals surface area (Å²) in [6.07, 6.45) is 0. The molecule has 0 aromatic carbocycles. The normalized spacial score (nSPS) is 9.29. The molecule has 4 nitrogen and oxygen atoms in total. The van der Waals surface area contributed by atoms with E-state index in [0.29, 0.717) is 0 Å². The first-order valence-electron chi connectivity index (χ1n) is 1.49. The van der Waals surface area contributed by atoms with Crippen molar-refractivity contribution in [1.29, 1.82) is 0 Å². The van der Waals surface area contributed by atoms with Crippen LogP contribution in [0, 0.1) is 0 Å². The van der Waals surface area contributed by atoms with Gasteiger partial charge in [-0.3, -0.25) is 0 Å². The number of hydrogen-bond acceptors (Lipinski definition) is 3. The van der Waals surface area contributed by atoms with Crippen LogP contribution < -0.4 is 8.39 Å². The van der Waals surface area contributed by atoms with Crippen molar-refractivity contribution in [1.82, 2.24) is 3.99 Å². The molecule has 45 valence electrons. The molecule has 0 aromatic heterocycles. The SMILES string of the molecule is [NH2][Ir][NH]CC(=O)O. The zero-order chi connectivity index (χ0) is 5.70. The molecule has 0 heterocycles. The van der Waals surface area contributed by atoms with Crippen molar-refractivity contribution < 1.29 is 28.1 Å². The number of carboxylic acid groups (broad SMARTS) is 1. The Kier molecular flexibility index (Phi) is 4.23. The molecule has 0 aliphatic heterocycles. The van der Waals surface area contributed by atoms with Crippen molar-refractivity contribution in [2.45, 2.75) is 0 Å². The van der Waals surface area contributed by atoms with Crippen LogP contribution >= 0.6 is 0 Å². The van der Waals surface area contributed by atoms with E-state index in [1.165, 1.54) is 0 Å². The number of aliphatic carboxylic acids is 1. The van der Waals surface area contributed by atoms with Gasteiger partial charge in [0.2, 0.25) is 0 Å². The molecule has 0 rings (SSSR count). The Hall–Kier alpha value is 0.0394. The van der Waals surface area contributed by atoms with Crippen molar-refractivity contribution in [2.75, 3.05) is 6.54 Å². The molecule has 0 amide bonds. The Morgan fingerprint density at radius 2 is 2.57 bits per heavy atom. The molecule has 5 heteroatoms. The van der Waals surface area contributed by atoms with Crippen LogP contribution in [0.15, 0.2) is 0 Å². The Balaban J connectivity index is 2.82. The summed E-state index contributed by atoms with van der Waals surface area (Å²) in [6.45, 7) is -0.00347. The second-order valence-corrected chi connectivity index (χ2v) is 2.32. The van der Waals surface area contributed by atoms with E-state index in [4.69, 9.17) is 9.51 Å². The summed E-state index contributed by atoms with van der Waals surface area (Å²) >= 11 is -0.662. The topological polar surface area (TPSA) is 75.3 Å². The summed E-state index contributed by atoms with van der Waals surface area (Å²) < 4.78 is 7.58. The first kappa shape index (κ1) is 7.04. The van der Waals surface area contributed by atoms with Crippen molar-refractivity contribution in [2.24, 2.45) is 4.40 Å². The second kappa shape index (κ2) is 4.20. The third-order valence-corrected chi connectivity index (χ3v) is 1.19. The average molecular weight is 282 g/mol. The maximum absolute atomic E-state index is 9.66. The molecule has 0 spiro atoms. The summed E-state index contributed by atoms with van der Waals surface area (Å²) in [5, 5.41) is 7.95. The van der Waals surface area contributed by atoms with Crippen LogP contribution in [0.25, 0.3) is 0 Å². The van der Waals surface area contributed by atoms with Crippen LogP contribution in [0.5, 0.6) is 0 Å². The van der Waals surface area contributed by atoms with Crippen molar-refractivity contribution in [3.8, 4) is 0 Å². The van der Waals surface area contributed by atoms with Gasteiger partial charge in [0.1, 0.15) is 0 Å². The molecule has 0 bridgehead atoms. The number of carbonyl (C=O) groups is 1.